The van der Waals surface area contributed by atoms with Gasteiger partial charge in [0.25, 0.3) is 0 Å². The van der Waals surface area contributed by atoms with Gasteiger partial charge in [-0.05, 0) is 18.0 Å². The molecule has 0 atom stereocenters. The Kier molecular flexibility index (Phi) is 2.66. The van der Waals surface area contributed by atoms with E-state index in [9.17, 15) is 0 Å². The Morgan fingerprint density at radius 1 is 1.23 bits per heavy atom. The molecule has 0 aliphatic carbocycles. The minimum Gasteiger partial charge on any atom is -0.145 e. The topological polar surface area (TPSA) is 3.88 Å². The molecule has 0 saturated heterocycles. The van der Waals surface area contributed by atoms with Gasteiger partial charge in [0.2, 0.25) is 5.69 Å². The number of rotatable bonds is 2. The average molecular weight is 208 g/mol. The summed E-state index contributed by atoms with van der Waals surface area (Å²) in [6.07, 6.45) is 4.21. The first-order valence-electron chi connectivity index (χ1n) is 4.00. The second-order valence-corrected chi connectivity index (χ2v) is 4.53. The molecule has 0 spiro atoms. The molecule has 0 radical (unpaired) electrons. The minimum atomic E-state index is 1.23. The first kappa shape index (κ1) is 8.78. The second-order valence-electron chi connectivity index (χ2n) is 2.58. The highest BCUT2D eigenvalue weighted by Gasteiger charge is 2.12. The van der Waals surface area contributed by atoms with Gasteiger partial charge in [0, 0.05) is 12.1 Å². The monoisotopic (exact) mass is 208 g/mol. The van der Waals surface area contributed by atoms with E-state index in [1.54, 1.807) is 23.1 Å². The molecule has 0 amide bonds. The van der Waals surface area contributed by atoms with Crippen LogP contribution in [0.3, 0.4) is 0 Å². The van der Waals surface area contributed by atoms with E-state index in [0.717, 1.165) is 0 Å². The number of thiazole rings is 1. The highest BCUT2D eigenvalue weighted by molar-refractivity contribution is 8.00. The molecular weight excluding hydrogens is 198 g/mol. The van der Waals surface area contributed by atoms with E-state index in [2.05, 4.69) is 46.7 Å². The second kappa shape index (κ2) is 3.94. The molecule has 0 unspecified atom stereocenters. The van der Waals surface area contributed by atoms with Crippen LogP contribution in [0.15, 0.2) is 46.2 Å². The third kappa shape index (κ3) is 1.76. The zero-order chi connectivity index (χ0) is 9.10. The lowest BCUT2D eigenvalue weighted by molar-refractivity contribution is -0.628. The Hall–Kier alpha value is -0.800. The maximum Gasteiger partial charge on any atom is 0.302 e. The van der Waals surface area contributed by atoms with Gasteiger partial charge in [0.05, 0.1) is 5.38 Å². The van der Waals surface area contributed by atoms with Gasteiger partial charge in [0.15, 0.2) is 6.20 Å². The fraction of sp³-hybridized carbons (Fsp3) is 0.100. The van der Waals surface area contributed by atoms with E-state index in [0.29, 0.717) is 0 Å². The third-order valence-corrected chi connectivity index (χ3v) is 3.78. The average Bonchev–Trinajstić information content (AvgIpc) is 2.67. The molecule has 66 valence electrons. The summed E-state index contributed by atoms with van der Waals surface area (Å²) in [6.45, 7) is 0. The van der Waals surface area contributed by atoms with Gasteiger partial charge < -0.3 is 0 Å². The van der Waals surface area contributed by atoms with E-state index in [4.69, 9.17) is 0 Å². The van der Waals surface area contributed by atoms with Crippen molar-refractivity contribution in [2.45, 2.75) is 4.34 Å². The highest BCUT2D eigenvalue weighted by atomic mass is 32.2. The molecule has 2 rings (SSSR count). The summed E-state index contributed by atoms with van der Waals surface area (Å²) in [6, 6.07) is 10.4. The molecule has 0 aliphatic heterocycles. The summed E-state index contributed by atoms with van der Waals surface area (Å²) in [5.74, 6) is 0. The number of para-hydroxylation sites is 1. The molecule has 0 saturated carbocycles. The SMILES string of the molecule is CSc1scc[n+]1-c1ccccc1. The van der Waals surface area contributed by atoms with Crippen molar-refractivity contribution < 1.29 is 4.57 Å². The van der Waals surface area contributed by atoms with E-state index in [-0.39, 0.29) is 0 Å². The molecule has 1 heterocycles. The van der Waals surface area contributed by atoms with Crippen LogP contribution in [0.25, 0.3) is 5.69 Å². The molecule has 0 bridgehead atoms. The van der Waals surface area contributed by atoms with Crippen LogP contribution in [0.4, 0.5) is 0 Å². The van der Waals surface area contributed by atoms with Gasteiger partial charge in [-0.15, -0.1) is 4.57 Å². The first-order valence-corrected chi connectivity index (χ1v) is 6.11. The summed E-state index contributed by atoms with van der Waals surface area (Å²) in [5, 5.41) is 2.11. The number of hydrogen-bond donors (Lipinski definition) is 0. The Labute approximate surface area is 86.0 Å². The van der Waals surface area contributed by atoms with Crippen molar-refractivity contribution in [2.24, 2.45) is 0 Å². The van der Waals surface area contributed by atoms with E-state index in [1.165, 1.54) is 10.0 Å². The van der Waals surface area contributed by atoms with Gasteiger partial charge in [-0.1, -0.05) is 29.5 Å². The van der Waals surface area contributed by atoms with Crippen LogP contribution in [-0.4, -0.2) is 6.26 Å². The van der Waals surface area contributed by atoms with E-state index < -0.39 is 0 Å². The summed E-state index contributed by atoms with van der Waals surface area (Å²) in [4.78, 5) is 0. The Bertz CT molecular complexity index is 381. The molecule has 1 aromatic heterocycles. The van der Waals surface area contributed by atoms with Crippen LogP contribution in [-0.2, 0) is 0 Å². The van der Waals surface area contributed by atoms with Gasteiger partial charge >= 0.3 is 4.34 Å². The van der Waals surface area contributed by atoms with Crippen molar-refractivity contribution in [3.63, 3.8) is 0 Å². The fourth-order valence-electron chi connectivity index (χ4n) is 1.19. The van der Waals surface area contributed by atoms with E-state index in [1.807, 2.05) is 6.07 Å². The van der Waals surface area contributed by atoms with Crippen molar-refractivity contribution in [3.05, 3.63) is 41.9 Å². The summed E-state index contributed by atoms with van der Waals surface area (Å²) in [7, 11) is 0. The lowest BCUT2D eigenvalue weighted by Gasteiger charge is -1.92. The molecular formula is C10H10NS2+. The van der Waals surface area contributed by atoms with Crippen molar-refractivity contribution >= 4 is 23.1 Å². The van der Waals surface area contributed by atoms with Gasteiger partial charge in [0.1, 0.15) is 0 Å². The fourth-order valence-corrected chi connectivity index (χ4v) is 2.69. The smallest absolute Gasteiger partial charge is 0.145 e. The quantitative estimate of drug-likeness (QED) is 0.542. The molecule has 1 aromatic carbocycles. The molecule has 13 heavy (non-hydrogen) atoms. The van der Waals surface area contributed by atoms with Crippen LogP contribution in [0, 0.1) is 0 Å². The first-order chi connectivity index (χ1) is 6.42. The predicted molar refractivity (Wildman–Crippen MR) is 57.6 cm³/mol. The van der Waals surface area contributed by atoms with Crippen LogP contribution in [0.5, 0.6) is 0 Å². The van der Waals surface area contributed by atoms with Gasteiger partial charge in [-0.2, -0.15) is 0 Å². The summed E-state index contributed by atoms with van der Waals surface area (Å²) in [5.41, 5.74) is 1.23. The van der Waals surface area contributed by atoms with Crippen LogP contribution >= 0.6 is 23.1 Å². The Balaban J connectivity index is 2.47. The molecule has 1 nitrogen and oxygen atoms in total. The molecule has 3 heteroatoms. The van der Waals surface area contributed by atoms with Gasteiger partial charge in [-0.25, -0.2) is 0 Å². The molecule has 0 N–H and O–H groups in total. The number of nitrogens with zero attached hydrogens (tertiary/aromatic N) is 1. The van der Waals surface area contributed by atoms with Crippen LogP contribution < -0.4 is 4.57 Å². The molecule has 2 aromatic rings. The van der Waals surface area contributed by atoms with Crippen molar-refractivity contribution in [1.82, 2.24) is 0 Å². The largest absolute Gasteiger partial charge is 0.302 e. The minimum absolute atomic E-state index is 1.23. The van der Waals surface area contributed by atoms with Crippen molar-refractivity contribution in [3.8, 4) is 5.69 Å². The Morgan fingerprint density at radius 2 is 2.00 bits per heavy atom. The van der Waals surface area contributed by atoms with Crippen LogP contribution in [0.2, 0.25) is 0 Å². The van der Waals surface area contributed by atoms with Crippen LogP contribution in [0.1, 0.15) is 0 Å². The maximum absolute atomic E-state index is 2.20. The normalized spacial score (nSPS) is 10.2. The number of aromatic nitrogens is 1. The van der Waals surface area contributed by atoms with Gasteiger partial charge in [-0.3, -0.25) is 0 Å². The lowest BCUT2D eigenvalue weighted by atomic mass is 10.3. The number of benzene rings is 1. The molecule has 0 aliphatic rings. The zero-order valence-electron chi connectivity index (χ0n) is 7.31. The number of hydrogen-bond acceptors (Lipinski definition) is 2. The predicted octanol–water partition coefficient (Wildman–Crippen LogP) is 2.75. The highest BCUT2D eigenvalue weighted by Crippen LogP contribution is 2.17. The Morgan fingerprint density at radius 3 is 2.69 bits per heavy atom. The van der Waals surface area contributed by atoms with E-state index >= 15 is 0 Å². The number of thioether (sulfide) groups is 1. The summed E-state index contributed by atoms with van der Waals surface area (Å²) < 4.78 is 3.52. The lowest BCUT2D eigenvalue weighted by Crippen LogP contribution is -2.29. The zero-order valence-corrected chi connectivity index (χ0v) is 8.94. The van der Waals surface area contributed by atoms with Crippen molar-refractivity contribution in [1.29, 1.82) is 0 Å². The maximum atomic E-state index is 2.20. The standard InChI is InChI=1S/C10H10NS2/c1-12-10-11(7-8-13-10)9-5-3-2-4-6-9/h2-8H,1H3/q+1. The van der Waals surface area contributed by atoms with Crippen molar-refractivity contribution in [2.75, 3.05) is 6.26 Å². The summed E-state index contributed by atoms with van der Waals surface area (Å²) >= 11 is 3.55. The molecule has 0 fully saturated rings. The third-order valence-electron chi connectivity index (χ3n) is 1.78.